The fourth-order valence-corrected chi connectivity index (χ4v) is 3.52. The number of hydrogen-bond acceptors (Lipinski definition) is 4. The van der Waals surface area contributed by atoms with Crippen molar-refractivity contribution in [3.63, 3.8) is 0 Å². The third-order valence-electron chi connectivity index (χ3n) is 4.18. The molecule has 0 atom stereocenters. The fourth-order valence-electron chi connectivity index (χ4n) is 2.79. The van der Waals surface area contributed by atoms with Gasteiger partial charge in [-0.25, -0.2) is 0 Å². The van der Waals surface area contributed by atoms with E-state index in [1.54, 1.807) is 24.3 Å². The zero-order valence-corrected chi connectivity index (χ0v) is 16.5. The van der Waals surface area contributed by atoms with E-state index in [-0.39, 0.29) is 5.57 Å². The number of furan rings is 1. The lowest BCUT2D eigenvalue weighted by molar-refractivity contribution is -0.112. The van der Waals surface area contributed by atoms with Gasteiger partial charge in [0, 0.05) is 35.9 Å². The van der Waals surface area contributed by atoms with E-state index in [1.807, 2.05) is 13.0 Å². The number of nitrogens with zero attached hydrogens (tertiary/aromatic N) is 2. The monoisotopic (exact) mass is 433 g/mol. The highest BCUT2D eigenvalue weighted by Crippen LogP contribution is 2.33. The van der Waals surface area contributed by atoms with Crippen LogP contribution in [0.5, 0.6) is 0 Å². The molecular weight excluding hydrogens is 418 g/mol. The standard InChI is InChI=1S/C19H17BrClN3O2/c1-12-4-5-14(21)9-17(12)23-18(25)13(11-22)8-15-10-16(20)19(26-15)24-6-2-3-7-24/h4-5,8-10H,2-3,6-7H2,1H3,(H,23,25)/b13-8-. The van der Waals surface area contributed by atoms with Crippen LogP contribution < -0.4 is 10.2 Å². The van der Waals surface area contributed by atoms with Gasteiger partial charge in [-0.15, -0.1) is 0 Å². The first-order valence-electron chi connectivity index (χ1n) is 8.21. The molecule has 1 aromatic carbocycles. The second-order valence-electron chi connectivity index (χ2n) is 6.08. The zero-order chi connectivity index (χ0) is 18.7. The molecule has 0 unspecified atom stereocenters. The minimum Gasteiger partial charge on any atom is -0.440 e. The molecule has 0 aliphatic carbocycles. The molecule has 2 aromatic rings. The number of benzene rings is 1. The molecule has 0 spiro atoms. The largest absolute Gasteiger partial charge is 0.440 e. The normalized spacial score (nSPS) is 14.4. The van der Waals surface area contributed by atoms with Crippen LogP contribution in [0.2, 0.25) is 5.02 Å². The lowest BCUT2D eigenvalue weighted by Gasteiger charge is -2.13. The van der Waals surface area contributed by atoms with Gasteiger partial charge in [0.2, 0.25) is 5.88 Å². The van der Waals surface area contributed by atoms with Crippen molar-refractivity contribution < 1.29 is 9.21 Å². The molecule has 134 valence electrons. The van der Waals surface area contributed by atoms with Crippen LogP contribution in [-0.2, 0) is 4.79 Å². The fraction of sp³-hybridized carbons (Fsp3) is 0.263. The number of nitriles is 1. The van der Waals surface area contributed by atoms with E-state index >= 15 is 0 Å². The number of carbonyl (C=O) groups is 1. The van der Waals surface area contributed by atoms with E-state index in [0.29, 0.717) is 16.5 Å². The molecule has 1 aromatic heterocycles. The Morgan fingerprint density at radius 1 is 1.38 bits per heavy atom. The van der Waals surface area contributed by atoms with Gasteiger partial charge in [-0.3, -0.25) is 4.79 Å². The summed E-state index contributed by atoms with van der Waals surface area (Å²) >= 11 is 9.45. The smallest absolute Gasteiger partial charge is 0.266 e. The maximum Gasteiger partial charge on any atom is 0.266 e. The van der Waals surface area contributed by atoms with Crippen LogP contribution in [0.15, 0.2) is 38.7 Å². The number of anilines is 2. The van der Waals surface area contributed by atoms with Crippen LogP contribution in [0.3, 0.4) is 0 Å². The van der Waals surface area contributed by atoms with Gasteiger partial charge in [0.05, 0.1) is 4.47 Å². The topological polar surface area (TPSA) is 69.3 Å². The Hall–Kier alpha value is -2.23. The van der Waals surface area contributed by atoms with Crippen LogP contribution in [-0.4, -0.2) is 19.0 Å². The molecule has 1 aliphatic rings. The molecule has 5 nitrogen and oxygen atoms in total. The summed E-state index contributed by atoms with van der Waals surface area (Å²) in [4.78, 5) is 14.6. The summed E-state index contributed by atoms with van der Waals surface area (Å²) in [6, 6.07) is 8.90. The predicted octanol–water partition coefficient (Wildman–Crippen LogP) is 5.15. The van der Waals surface area contributed by atoms with Crippen molar-refractivity contribution in [3.05, 3.63) is 50.7 Å². The number of carbonyl (C=O) groups excluding carboxylic acids is 1. The highest BCUT2D eigenvalue weighted by molar-refractivity contribution is 9.10. The van der Waals surface area contributed by atoms with E-state index in [9.17, 15) is 10.1 Å². The first-order valence-corrected chi connectivity index (χ1v) is 9.38. The molecule has 0 radical (unpaired) electrons. The van der Waals surface area contributed by atoms with E-state index in [1.165, 1.54) is 6.08 Å². The molecular formula is C19H17BrClN3O2. The molecule has 7 heteroatoms. The van der Waals surface area contributed by atoms with Crippen molar-refractivity contribution in [2.45, 2.75) is 19.8 Å². The van der Waals surface area contributed by atoms with Crippen molar-refractivity contribution >= 4 is 51.1 Å². The van der Waals surface area contributed by atoms with Gasteiger partial charge in [-0.2, -0.15) is 5.26 Å². The maximum absolute atomic E-state index is 12.5. The number of rotatable bonds is 4. The number of nitrogens with one attached hydrogen (secondary N) is 1. The lowest BCUT2D eigenvalue weighted by Crippen LogP contribution is -2.17. The van der Waals surface area contributed by atoms with Gasteiger partial charge in [0.1, 0.15) is 17.4 Å². The predicted molar refractivity (Wildman–Crippen MR) is 106 cm³/mol. The minimum absolute atomic E-state index is 0.0430. The summed E-state index contributed by atoms with van der Waals surface area (Å²) in [6.07, 6.45) is 3.70. The average Bonchev–Trinajstić information content (AvgIpc) is 3.25. The van der Waals surface area contributed by atoms with Crippen molar-refractivity contribution in [1.29, 1.82) is 5.26 Å². The van der Waals surface area contributed by atoms with Crippen LogP contribution in [0.25, 0.3) is 6.08 Å². The molecule has 1 amide bonds. The van der Waals surface area contributed by atoms with Crippen molar-refractivity contribution in [2.75, 3.05) is 23.3 Å². The summed E-state index contributed by atoms with van der Waals surface area (Å²) < 4.78 is 6.64. The van der Waals surface area contributed by atoms with Crippen LogP contribution in [0.4, 0.5) is 11.6 Å². The molecule has 1 aliphatic heterocycles. The first-order chi connectivity index (χ1) is 12.5. The third-order valence-corrected chi connectivity index (χ3v) is 4.98. The minimum atomic E-state index is -0.506. The second kappa shape index (κ2) is 7.98. The van der Waals surface area contributed by atoms with Gasteiger partial charge < -0.3 is 14.6 Å². The average molecular weight is 435 g/mol. The number of amides is 1. The van der Waals surface area contributed by atoms with Crippen molar-refractivity contribution in [3.8, 4) is 6.07 Å². The number of hydrogen-bond donors (Lipinski definition) is 1. The van der Waals surface area contributed by atoms with E-state index in [2.05, 4.69) is 26.1 Å². The molecule has 3 rings (SSSR count). The highest BCUT2D eigenvalue weighted by atomic mass is 79.9. The summed E-state index contributed by atoms with van der Waals surface area (Å²) in [5.41, 5.74) is 1.39. The Balaban J connectivity index is 1.82. The Morgan fingerprint density at radius 3 is 2.81 bits per heavy atom. The van der Waals surface area contributed by atoms with Crippen molar-refractivity contribution in [1.82, 2.24) is 0 Å². The van der Waals surface area contributed by atoms with E-state index in [0.717, 1.165) is 41.9 Å². The molecule has 26 heavy (non-hydrogen) atoms. The van der Waals surface area contributed by atoms with Gasteiger partial charge in [-0.1, -0.05) is 17.7 Å². The van der Waals surface area contributed by atoms with E-state index in [4.69, 9.17) is 16.0 Å². The van der Waals surface area contributed by atoms with E-state index < -0.39 is 5.91 Å². The maximum atomic E-state index is 12.5. The molecule has 1 fully saturated rings. The van der Waals surface area contributed by atoms with Gasteiger partial charge in [0.25, 0.3) is 5.91 Å². The van der Waals surface area contributed by atoms with Crippen LogP contribution >= 0.6 is 27.5 Å². The summed E-state index contributed by atoms with van der Waals surface area (Å²) in [7, 11) is 0. The van der Waals surface area contributed by atoms with Crippen LogP contribution in [0, 0.1) is 18.3 Å². The zero-order valence-electron chi connectivity index (χ0n) is 14.2. The molecule has 0 saturated carbocycles. The summed E-state index contributed by atoms with van der Waals surface area (Å²) in [5.74, 6) is 0.679. The SMILES string of the molecule is Cc1ccc(Cl)cc1NC(=O)/C(C#N)=C\c1cc(Br)c(N2CCCC2)o1. The Labute approximate surface area is 165 Å². The lowest BCUT2D eigenvalue weighted by atomic mass is 10.1. The third kappa shape index (κ3) is 4.12. The summed E-state index contributed by atoms with van der Waals surface area (Å²) in [5, 5.41) is 12.6. The highest BCUT2D eigenvalue weighted by Gasteiger charge is 2.20. The van der Waals surface area contributed by atoms with Gasteiger partial charge in [-0.05, 0) is 53.4 Å². The van der Waals surface area contributed by atoms with Gasteiger partial charge >= 0.3 is 0 Å². The second-order valence-corrected chi connectivity index (χ2v) is 7.37. The number of halogens is 2. The first kappa shape index (κ1) is 18.6. The Morgan fingerprint density at radius 2 is 2.12 bits per heavy atom. The molecule has 1 saturated heterocycles. The Bertz CT molecular complexity index is 908. The molecule has 2 heterocycles. The number of aryl methyl sites for hydroxylation is 1. The van der Waals surface area contributed by atoms with Gasteiger partial charge in [0.15, 0.2) is 0 Å². The van der Waals surface area contributed by atoms with Crippen molar-refractivity contribution in [2.24, 2.45) is 0 Å². The molecule has 1 N–H and O–H groups in total. The van der Waals surface area contributed by atoms with Crippen LogP contribution in [0.1, 0.15) is 24.2 Å². The molecule has 0 bridgehead atoms. The Kier molecular flexibility index (Phi) is 5.70. The quantitative estimate of drug-likeness (QED) is 0.534. The summed E-state index contributed by atoms with van der Waals surface area (Å²) in [6.45, 7) is 3.73.